The van der Waals surface area contributed by atoms with Gasteiger partial charge in [-0.25, -0.2) is 4.79 Å². The summed E-state index contributed by atoms with van der Waals surface area (Å²) >= 11 is 0. The Morgan fingerprint density at radius 2 is 1.79 bits per heavy atom. The number of benzene rings is 1. The van der Waals surface area contributed by atoms with Gasteiger partial charge in [-0.15, -0.1) is 0 Å². The third-order valence-electron chi connectivity index (χ3n) is 2.58. The Balaban J connectivity index is 2.29. The topological polar surface area (TPSA) is 44.8 Å². The van der Waals surface area contributed by atoms with Crippen LogP contribution in [0.15, 0.2) is 24.3 Å². The number of methoxy groups -OCH3 is 1. The van der Waals surface area contributed by atoms with Crippen LogP contribution in [0, 0.1) is 0 Å². The van der Waals surface area contributed by atoms with E-state index < -0.39 is 8.07 Å². The van der Waals surface area contributed by atoms with Crippen LogP contribution < -0.4 is 4.74 Å². The fourth-order valence-electron chi connectivity index (χ4n) is 1.35. The van der Waals surface area contributed by atoms with Gasteiger partial charge in [0.2, 0.25) is 0 Å². The van der Waals surface area contributed by atoms with Gasteiger partial charge in [0.15, 0.2) is 6.79 Å². The van der Waals surface area contributed by atoms with E-state index in [0.29, 0.717) is 11.3 Å². The van der Waals surface area contributed by atoms with Crippen LogP contribution in [0.2, 0.25) is 25.7 Å². The Morgan fingerprint density at radius 1 is 1.16 bits per heavy atom. The van der Waals surface area contributed by atoms with Gasteiger partial charge in [0.25, 0.3) is 0 Å². The standard InChI is InChI=1S/C14H22O4Si/c1-16-14(15)12-5-7-13(8-6-12)18-11-17-9-10-19(2,3)4/h5-8H,9-11H2,1-4H3. The number of hydrogen-bond donors (Lipinski definition) is 0. The monoisotopic (exact) mass is 282 g/mol. The number of carbonyl (C=O) groups is 1. The van der Waals surface area contributed by atoms with Gasteiger partial charge in [-0.1, -0.05) is 19.6 Å². The van der Waals surface area contributed by atoms with Crippen molar-refractivity contribution in [2.75, 3.05) is 20.5 Å². The Bertz CT molecular complexity index is 395. The molecule has 1 aromatic rings. The smallest absolute Gasteiger partial charge is 0.337 e. The molecule has 0 radical (unpaired) electrons. The minimum atomic E-state index is -1.04. The molecule has 0 N–H and O–H groups in total. The van der Waals surface area contributed by atoms with Gasteiger partial charge < -0.3 is 14.2 Å². The molecule has 0 fully saturated rings. The molecule has 0 unspecified atom stereocenters. The molecule has 0 atom stereocenters. The number of ether oxygens (including phenoxy) is 3. The van der Waals surface area contributed by atoms with Crippen molar-refractivity contribution < 1.29 is 19.0 Å². The lowest BCUT2D eigenvalue weighted by atomic mass is 10.2. The molecule has 0 saturated carbocycles. The van der Waals surface area contributed by atoms with Crippen LogP contribution >= 0.6 is 0 Å². The van der Waals surface area contributed by atoms with Crippen LogP contribution in [0.4, 0.5) is 0 Å². The summed E-state index contributed by atoms with van der Waals surface area (Å²) in [7, 11) is 0.317. The Morgan fingerprint density at radius 3 is 2.32 bits per heavy atom. The normalized spacial score (nSPS) is 11.2. The lowest BCUT2D eigenvalue weighted by Crippen LogP contribution is -2.22. The third kappa shape index (κ3) is 6.40. The third-order valence-corrected chi connectivity index (χ3v) is 4.28. The highest BCUT2D eigenvalue weighted by atomic mass is 28.3. The molecule has 0 aliphatic rings. The van der Waals surface area contributed by atoms with Crippen molar-refractivity contribution in [3.8, 4) is 5.75 Å². The molecule has 1 aromatic carbocycles. The van der Waals surface area contributed by atoms with Crippen molar-refractivity contribution in [1.82, 2.24) is 0 Å². The summed E-state index contributed by atoms with van der Waals surface area (Å²) in [6.45, 7) is 7.90. The first-order valence-corrected chi connectivity index (χ1v) is 10.0. The summed E-state index contributed by atoms with van der Waals surface area (Å²) in [5.41, 5.74) is 0.509. The zero-order valence-electron chi connectivity index (χ0n) is 12.1. The van der Waals surface area contributed by atoms with Gasteiger partial charge in [0.1, 0.15) is 5.75 Å². The number of esters is 1. The molecule has 0 spiro atoms. The van der Waals surface area contributed by atoms with Crippen molar-refractivity contribution in [1.29, 1.82) is 0 Å². The van der Waals surface area contributed by atoms with Gasteiger partial charge in [-0.05, 0) is 30.3 Å². The molecule has 4 nitrogen and oxygen atoms in total. The minimum absolute atomic E-state index is 0.238. The Labute approximate surface area is 115 Å². The van der Waals surface area contributed by atoms with Crippen molar-refractivity contribution in [3.63, 3.8) is 0 Å². The average molecular weight is 282 g/mol. The van der Waals surface area contributed by atoms with Gasteiger partial charge in [0.05, 0.1) is 12.7 Å². The highest BCUT2D eigenvalue weighted by molar-refractivity contribution is 6.76. The molecule has 5 heteroatoms. The maximum Gasteiger partial charge on any atom is 0.337 e. The largest absolute Gasteiger partial charge is 0.468 e. The highest BCUT2D eigenvalue weighted by Crippen LogP contribution is 2.13. The maximum absolute atomic E-state index is 11.2. The lowest BCUT2D eigenvalue weighted by Gasteiger charge is -2.15. The van der Waals surface area contributed by atoms with E-state index in [1.54, 1.807) is 24.3 Å². The molecular formula is C14H22O4Si. The van der Waals surface area contributed by atoms with E-state index in [-0.39, 0.29) is 12.8 Å². The molecule has 0 aromatic heterocycles. The van der Waals surface area contributed by atoms with Crippen molar-refractivity contribution in [2.45, 2.75) is 25.7 Å². The number of carbonyl (C=O) groups excluding carboxylic acids is 1. The van der Waals surface area contributed by atoms with E-state index in [4.69, 9.17) is 9.47 Å². The van der Waals surface area contributed by atoms with E-state index in [9.17, 15) is 4.79 Å². The first-order valence-electron chi connectivity index (χ1n) is 6.31. The van der Waals surface area contributed by atoms with Crippen molar-refractivity contribution >= 4 is 14.0 Å². The quantitative estimate of drug-likeness (QED) is 0.333. The summed E-state index contributed by atoms with van der Waals surface area (Å²) in [5.74, 6) is 0.332. The summed E-state index contributed by atoms with van der Waals surface area (Å²) < 4.78 is 15.5. The number of hydrogen-bond acceptors (Lipinski definition) is 4. The molecule has 19 heavy (non-hydrogen) atoms. The average Bonchev–Trinajstić information content (AvgIpc) is 2.37. The fourth-order valence-corrected chi connectivity index (χ4v) is 2.11. The van der Waals surface area contributed by atoms with Gasteiger partial charge >= 0.3 is 5.97 Å². The van der Waals surface area contributed by atoms with E-state index >= 15 is 0 Å². The van der Waals surface area contributed by atoms with Crippen LogP contribution in [0.5, 0.6) is 5.75 Å². The molecule has 106 valence electrons. The van der Waals surface area contributed by atoms with Crippen LogP contribution in [-0.2, 0) is 9.47 Å². The predicted octanol–water partition coefficient (Wildman–Crippen LogP) is 3.16. The lowest BCUT2D eigenvalue weighted by molar-refractivity contribution is 0.0220. The van der Waals surface area contributed by atoms with E-state index in [1.165, 1.54) is 7.11 Å². The van der Waals surface area contributed by atoms with Crippen LogP contribution in [0.1, 0.15) is 10.4 Å². The molecule has 0 saturated heterocycles. The first kappa shape index (κ1) is 15.7. The van der Waals surface area contributed by atoms with Crippen LogP contribution in [-0.4, -0.2) is 34.6 Å². The predicted molar refractivity (Wildman–Crippen MR) is 77.4 cm³/mol. The Kier molecular flexibility index (Phi) is 6.04. The van der Waals surface area contributed by atoms with E-state index in [2.05, 4.69) is 24.4 Å². The number of rotatable bonds is 7. The zero-order chi connectivity index (χ0) is 14.3. The molecule has 0 aliphatic carbocycles. The molecule has 0 amide bonds. The molecule has 0 heterocycles. The minimum Gasteiger partial charge on any atom is -0.468 e. The SMILES string of the molecule is COC(=O)c1ccc(OCOCC[Si](C)(C)C)cc1. The second-order valence-corrected chi connectivity index (χ2v) is 11.1. The van der Waals surface area contributed by atoms with Gasteiger partial charge in [-0.3, -0.25) is 0 Å². The van der Waals surface area contributed by atoms with E-state index in [1.807, 2.05) is 0 Å². The second kappa shape index (κ2) is 7.30. The van der Waals surface area contributed by atoms with Gasteiger partial charge in [-0.2, -0.15) is 0 Å². The molecule has 1 rings (SSSR count). The fraction of sp³-hybridized carbons (Fsp3) is 0.500. The van der Waals surface area contributed by atoms with Crippen molar-refractivity contribution in [2.24, 2.45) is 0 Å². The summed E-state index contributed by atoms with van der Waals surface area (Å²) in [4.78, 5) is 11.2. The van der Waals surface area contributed by atoms with Crippen LogP contribution in [0.25, 0.3) is 0 Å². The van der Waals surface area contributed by atoms with Crippen LogP contribution in [0.3, 0.4) is 0 Å². The molecule has 0 bridgehead atoms. The summed E-state index contributed by atoms with van der Waals surface area (Å²) in [6, 6.07) is 7.92. The first-order chi connectivity index (χ1) is 8.92. The maximum atomic E-state index is 11.2. The molecular weight excluding hydrogens is 260 g/mol. The van der Waals surface area contributed by atoms with Crippen molar-refractivity contribution in [3.05, 3.63) is 29.8 Å². The van der Waals surface area contributed by atoms with Gasteiger partial charge in [0, 0.05) is 14.7 Å². The second-order valence-electron chi connectivity index (χ2n) is 5.50. The Hall–Kier alpha value is -1.33. The molecule has 0 aliphatic heterocycles. The zero-order valence-corrected chi connectivity index (χ0v) is 13.1. The summed E-state index contributed by atoms with van der Waals surface area (Å²) in [6.07, 6.45) is 0. The summed E-state index contributed by atoms with van der Waals surface area (Å²) in [5, 5.41) is 0. The van der Waals surface area contributed by atoms with E-state index in [0.717, 1.165) is 12.7 Å². The highest BCUT2D eigenvalue weighted by Gasteiger charge is 2.12.